The maximum atomic E-state index is 11.9. The first-order valence-electron chi connectivity index (χ1n) is 7.67. The fourth-order valence-corrected chi connectivity index (χ4v) is 2.80. The zero-order valence-electron chi connectivity index (χ0n) is 13.9. The molecule has 25 heavy (non-hydrogen) atoms. The minimum atomic E-state index is -0.492. The Balaban J connectivity index is 2.11. The average molecular weight is 357 g/mol. The van der Waals surface area contributed by atoms with Gasteiger partial charge < -0.3 is 9.47 Å². The van der Waals surface area contributed by atoms with Gasteiger partial charge in [0.05, 0.1) is 26.5 Å². The first-order chi connectivity index (χ1) is 12.1. The molecule has 0 amide bonds. The highest BCUT2D eigenvalue weighted by molar-refractivity contribution is 6.31. The predicted molar refractivity (Wildman–Crippen MR) is 96.1 cm³/mol. The fraction of sp³-hybridized carbons (Fsp3) is 0.158. The predicted octanol–water partition coefficient (Wildman–Crippen LogP) is 4.05. The molecule has 0 saturated heterocycles. The summed E-state index contributed by atoms with van der Waals surface area (Å²) in [6, 6.07) is 16.8. The number of benzene rings is 2. The smallest absolute Gasteiger partial charge is 0.358 e. The quantitative estimate of drug-likeness (QED) is 0.647. The lowest BCUT2D eigenvalue weighted by Gasteiger charge is -2.11. The molecule has 0 saturated carbocycles. The van der Waals surface area contributed by atoms with Gasteiger partial charge in [0.25, 0.3) is 0 Å². The van der Waals surface area contributed by atoms with Crippen molar-refractivity contribution in [3.63, 3.8) is 0 Å². The monoisotopic (exact) mass is 356 g/mol. The Labute approximate surface area is 150 Å². The van der Waals surface area contributed by atoms with Crippen LogP contribution in [0.5, 0.6) is 5.75 Å². The second kappa shape index (κ2) is 7.40. The van der Waals surface area contributed by atoms with Gasteiger partial charge >= 0.3 is 5.97 Å². The molecule has 0 fully saturated rings. The molecule has 5 nitrogen and oxygen atoms in total. The Hall–Kier alpha value is -2.79. The second-order valence-electron chi connectivity index (χ2n) is 5.36. The van der Waals surface area contributed by atoms with E-state index in [1.165, 1.54) is 7.11 Å². The van der Waals surface area contributed by atoms with Gasteiger partial charge in [0.1, 0.15) is 5.75 Å². The Kier molecular flexibility index (Phi) is 5.05. The zero-order valence-corrected chi connectivity index (χ0v) is 14.7. The van der Waals surface area contributed by atoms with E-state index in [0.29, 0.717) is 17.3 Å². The molecule has 1 heterocycles. The van der Waals surface area contributed by atoms with Crippen molar-refractivity contribution in [1.29, 1.82) is 0 Å². The van der Waals surface area contributed by atoms with E-state index in [0.717, 1.165) is 16.8 Å². The van der Waals surface area contributed by atoms with Crippen LogP contribution in [-0.4, -0.2) is 30.0 Å². The Morgan fingerprint density at radius 2 is 1.84 bits per heavy atom. The molecule has 0 N–H and O–H groups in total. The number of para-hydroxylation sites is 1. The van der Waals surface area contributed by atoms with Gasteiger partial charge in [-0.1, -0.05) is 41.9 Å². The zero-order chi connectivity index (χ0) is 17.8. The summed E-state index contributed by atoms with van der Waals surface area (Å²) >= 11 is 6.27. The summed E-state index contributed by atoms with van der Waals surface area (Å²) < 4.78 is 12.0. The van der Waals surface area contributed by atoms with Gasteiger partial charge in [-0.15, -0.1) is 0 Å². The van der Waals surface area contributed by atoms with Crippen LogP contribution in [0.4, 0.5) is 0 Å². The van der Waals surface area contributed by atoms with Gasteiger partial charge in [0.2, 0.25) is 0 Å². The largest absolute Gasteiger partial charge is 0.496 e. The van der Waals surface area contributed by atoms with Crippen molar-refractivity contribution in [1.82, 2.24) is 9.78 Å². The maximum absolute atomic E-state index is 11.9. The van der Waals surface area contributed by atoms with E-state index in [1.807, 2.05) is 48.5 Å². The number of carbonyl (C=O) groups is 1. The molecule has 0 aliphatic carbocycles. The third kappa shape index (κ3) is 3.51. The topological polar surface area (TPSA) is 53.4 Å². The number of hydrogen-bond acceptors (Lipinski definition) is 4. The van der Waals surface area contributed by atoms with Crippen LogP contribution in [0.1, 0.15) is 16.1 Å². The number of ether oxygens (including phenoxy) is 2. The lowest BCUT2D eigenvalue weighted by molar-refractivity contribution is 0.0593. The summed E-state index contributed by atoms with van der Waals surface area (Å²) in [7, 11) is 2.94. The lowest BCUT2D eigenvalue weighted by Crippen LogP contribution is -2.07. The summed E-state index contributed by atoms with van der Waals surface area (Å²) in [6.45, 7) is 0.421. The standard InChI is InChI=1S/C19H17ClN2O3/c1-24-18-10-6-4-8-14(18)17-11-16(19(23)25-2)21-22(17)12-13-7-3-5-9-15(13)20/h3-11H,12H2,1-2H3. The van der Waals surface area contributed by atoms with Gasteiger partial charge in [-0.25, -0.2) is 4.79 Å². The van der Waals surface area contributed by atoms with Crippen LogP contribution >= 0.6 is 11.6 Å². The summed E-state index contributed by atoms with van der Waals surface area (Å²) in [5.41, 5.74) is 2.72. The van der Waals surface area contributed by atoms with Crippen LogP contribution in [0.2, 0.25) is 5.02 Å². The van der Waals surface area contributed by atoms with Crippen LogP contribution in [0.3, 0.4) is 0 Å². The van der Waals surface area contributed by atoms with Gasteiger partial charge in [0, 0.05) is 10.6 Å². The van der Waals surface area contributed by atoms with Crippen LogP contribution in [0, 0.1) is 0 Å². The summed E-state index contributed by atoms with van der Waals surface area (Å²) in [6.07, 6.45) is 0. The Bertz CT molecular complexity index is 905. The summed E-state index contributed by atoms with van der Waals surface area (Å²) in [4.78, 5) is 11.9. The molecule has 3 rings (SSSR count). The van der Waals surface area contributed by atoms with Crippen LogP contribution in [0.15, 0.2) is 54.6 Å². The summed E-state index contributed by atoms with van der Waals surface area (Å²) in [5.74, 6) is 0.202. The van der Waals surface area contributed by atoms with Crippen molar-refractivity contribution in [2.45, 2.75) is 6.54 Å². The molecule has 1 aromatic heterocycles. The van der Waals surface area contributed by atoms with E-state index in [1.54, 1.807) is 17.9 Å². The number of rotatable bonds is 5. The van der Waals surface area contributed by atoms with E-state index in [9.17, 15) is 4.79 Å². The molecule has 0 spiro atoms. The molecule has 0 unspecified atom stereocenters. The normalized spacial score (nSPS) is 10.5. The minimum Gasteiger partial charge on any atom is -0.496 e. The number of esters is 1. The Morgan fingerprint density at radius 3 is 2.56 bits per heavy atom. The number of methoxy groups -OCH3 is 2. The molecular weight excluding hydrogens is 340 g/mol. The van der Waals surface area contributed by atoms with Gasteiger partial charge in [-0.05, 0) is 29.8 Å². The molecule has 6 heteroatoms. The van der Waals surface area contributed by atoms with Crippen molar-refractivity contribution in [3.8, 4) is 17.0 Å². The average Bonchev–Trinajstić information content (AvgIpc) is 3.06. The van der Waals surface area contributed by atoms with Crippen molar-refractivity contribution in [2.24, 2.45) is 0 Å². The second-order valence-corrected chi connectivity index (χ2v) is 5.76. The number of halogens is 1. The SMILES string of the molecule is COC(=O)c1cc(-c2ccccc2OC)n(Cc2ccccc2Cl)n1. The van der Waals surface area contributed by atoms with Crippen LogP contribution < -0.4 is 4.74 Å². The van der Waals surface area contributed by atoms with Crippen LogP contribution in [0.25, 0.3) is 11.3 Å². The number of aromatic nitrogens is 2. The van der Waals surface area contributed by atoms with E-state index in [-0.39, 0.29) is 5.69 Å². The number of hydrogen-bond donors (Lipinski definition) is 0. The highest BCUT2D eigenvalue weighted by Crippen LogP contribution is 2.31. The fourth-order valence-electron chi connectivity index (χ4n) is 2.60. The van der Waals surface area contributed by atoms with E-state index >= 15 is 0 Å². The molecular formula is C19H17ClN2O3. The Morgan fingerprint density at radius 1 is 1.12 bits per heavy atom. The lowest BCUT2D eigenvalue weighted by atomic mass is 10.1. The van der Waals surface area contributed by atoms with Crippen molar-refractivity contribution < 1.29 is 14.3 Å². The molecule has 128 valence electrons. The van der Waals surface area contributed by atoms with E-state index in [4.69, 9.17) is 21.1 Å². The highest BCUT2D eigenvalue weighted by Gasteiger charge is 2.19. The minimum absolute atomic E-state index is 0.232. The van der Waals surface area contributed by atoms with Gasteiger partial charge in [0.15, 0.2) is 5.69 Å². The molecule has 2 aromatic carbocycles. The van der Waals surface area contributed by atoms with E-state index < -0.39 is 5.97 Å². The first kappa shape index (κ1) is 17.0. The van der Waals surface area contributed by atoms with Crippen molar-refractivity contribution in [3.05, 3.63) is 70.9 Å². The molecule has 0 atom stereocenters. The number of nitrogens with zero attached hydrogens (tertiary/aromatic N) is 2. The third-order valence-corrected chi connectivity index (χ3v) is 4.20. The third-order valence-electron chi connectivity index (χ3n) is 3.84. The van der Waals surface area contributed by atoms with Crippen molar-refractivity contribution >= 4 is 17.6 Å². The van der Waals surface area contributed by atoms with Crippen LogP contribution in [-0.2, 0) is 11.3 Å². The molecule has 0 bridgehead atoms. The van der Waals surface area contributed by atoms with Gasteiger partial charge in [-0.3, -0.25) is 4.68 Å². The molecule has 0 radical (unpaired) electrons. The summed E-state index contributed by atoms with van der Waals surface area (Å²) in [5, 5.41) is 5.04. The molecule has 0 aliphatic heterocycles. The first-order valence-corrected chi connectivity index (χ1v) is 8.04. The molecule has 3 aromatic rings. The van der Waals surface area contributed by atoms with Gasteiger partial charge in [-0.2, -0.15) is 5.10 Å². The number of carbonyl (C=O) groups excluding carboxylic acids is 1. The van der Waals surface area contributed by atoms with E-state index in [2.05, 4.69) is 5.10 Å². The highest BCUT2D eigenvalue weighted by atomic mass is 35.5. The van der Waals surface area contributed by atoms with Crippen molar-refractivity contribution in [2.75, 3.05) is 14.2 Å². The maximum Gasteiger partial charge on any atom is 0.358 e. The molecule has 0 aliphatic rings.